The van der Waals surface area contributed by atoms with Crippen molar-refractivity contribution in [1.82, 2.24) is 4.90 Å². The Morgan fingerprint density at radius 2 is 2.00 bits per heavy atom. The number of carbonyl (C=O) groups is 1. The Kier molecular flexibility index (Phi) is 5.25. The molecule has 0 bridgehead atoms. The van der Waals surface area contributed by atoms with Crippen LogP contribution in [0.2, 0.25) is 10.0 Å². The summed E-state index contributed by atoms with van der Waals surface area (Å²) in [7, 11) is 0. The van der Waals surface area contributed by atoms with Crippen molar-refractivity contribution in [2.45, 2.75) is 26.4 Å². The van der Waals surface area contributed by atoms with Crippen LogP contribution in [-0.2, 0) is 11.3 Å². The molecule has 94 valence electrons. The molecule has 17 heavy (non-hydrogen) atoms. The molecule has 0 heterocycles. The molecule has 0 aliphatic heterocycles. The maximum atomic E-state index is 10.7. The van der Waals surface area contributed by atoms with E-state index < -0.39 is 5.97 Å². The lowest BCUT2D eigenvalue weighted by atomic mass is 10.2. The lowest BCUT2D eigenvalue weighted by molar-refractivity contribution is -0.138. The van der Waals surface area contributed by atoms with Gasteiger partial charge in [-0.3, -0.25) is 9.69 Å². The quantitative estimate of drug-likeness (QED) is 0.897. The van der Waals surface area contributed by atoms with Crippen LogP contribution in [0.4, 0.5) is 0 Å². The molecule has 5 heteroatoms. The van der Waals surface area contributed by atoms with Gasteiger partial charge in [0.15, 0.2) is 0 Å². The zero-order valence-electron chi connectivity index (χ0n) is 9.78. The molecular formula is C12H15Cl2NO2. The molecule has 1 N–H and O–H groups in total. The van der Waals surface area contributed by atoms with Crippen molar-refractivity contribution < 1.29 is 9.90 Å². The zero-order chi connectivity index (χ0) is 13.0. The Balaban J connectivity index is 2.78. The highest BCUT2D eigenvalue weighted by Gasteiger charge is 2.14. The van der Waals surface area contributed by atoms with Crippen molar-refractivity contribution in [3.63, 3.8) is 0 Å². The Bertz CT molecular complexity index is 407. The first-order valence-electron chi connectivity index (χ1n) is 5.30. The van der Waals surface area contributed by atoms with Crippen molar-refractivity contribution >= 4 is 29.2 Å². The maximum Gasteiger partial charge on any atom is 0.317 e. The number of halogens is 2. The molecule has 0 saturated carbocycles. The van der Waals surface area contributed by atoms with Crippen molar-refractivity contribution in [3.05, 3.63) is 33.8 Å². The van der Waals surface area contributed by atoms with Crippen molar-refractivity contribution in [3.8, 4) is 0 Å². The molecular weight excluding hydrogens is 261 g/mol. The fourth-order valence-corrected chi connectivity index (χ4v) is 1.79. The zero-order valence-corrected chi connectivity index (χ0v) is 11.3. The molecule has 0 atom stereocenters. The largest absolute Gasteiger partial charge is 0.480 e. The SMILES string of the molecule is CC(C)N(CC(=O)O)Cc1ccc(Cl)c(Cl)c1. The highest BCUT2D eigenvalue weighted by Crippen LogP contribution is 2.23. The van der Waals surface area contributed by atoms with Crippen molar-refractivity contribution in [2.24, 2.45) is 0 Å². The molecule has 3 nitrogen and oxygen atoms in total. The second-order valence-corrected chi connectivity index (χ2v) is 4.96. The summed E-state index contributed by atoms with van der Waals surface area (Å²) in [5, 5.41) is 9.81. The summed E-state index contributed by atoms with van der Waals surface area (Å²) in [4.78, 5) is 12.6. The van der Waals surface area contributed by atoms with Crippen LogP contribution in [0.1, 0.15) is 19.4 Å². The van der Waals surface area contributed by atoms with Crippen molar-refractivity contribution in [2.75, 3.05) is 6.54 Å². The van der Waals surface area contributed by atoms with E-state index in [1.165, 1.54) is 0 Å². The van der Waals surface area contributed by atoms with Gasteiger partial charge in [-0.15, -0.1) is 0 Å². The number of aliphatic carboxylic acids is 1. The predicted molar refractivity (Wildman–Crippen MR) is 69.6 cm³/mol. The number of hydrogen-bond donors (Lipinski definition) is 1. The van der Waals surface area contributed by atoms with Crippen LogP contribution in [-0.4, -0.2) is 28.6 Å². The Hall–Kier alpha value is -0.770. The van der Waals surface area contributed by atoms with Crippen molar-refractivity contribution in [1.29, 1.82) is 0 Å². The number of carboxylic acids is 1. The van der Waals surface area contributed by atoms with Gasteiger partial charge in [0, 0.05) is 12.6 Å². The standard InChI is InChI=1S/C12H15Cl2NO2/c1-8(2)15(7-12(16)17)6-9-3-4-10(13)11(14)5-9/h3-5,8H,6-7H2,1-2H3,(H,16,17). The summed E-state index contributed by atoms with van der Waals surface area (Å²) in [5.74, 6) is -0.834. The Morgan fingerprint density at radius 3 is 2.47 bits per heavy atom. The van der Waals surface area contributed by atoms with Crippen LogP contribution < -0.4 is 0 Å². The number of rotatable bonds is 5. The smallest absolute Gasteiger partial charge is 0.317 e. The van der Waals surface area contributed by atoms with E-state index in [0.717, 1.165) is 5.56 Å². The molecule has 0 aromatic heterocycles. The van der Waals surface area contributed by atoms with Crippen LogP contribution >= 0.6 is 23.2 Å². The molecule has 0 radical (unpaired) electrons. The minimum Gasteiger partial charge on any atom is -0.480 e. The third-order valence-corrected chi connectivity index (χ3v) is 3.18. The van der Waals surface area contributed by atoms with Gasteiger partial charge in [0.25, 0.3) is 0 Å². The van der Waals surface area contributed by atoms with Gasteiger partial charge >= 0.3 is 5.97 Å². The van der Waals surface area contributed by atoms with Gasteiger partial charge in [-0.25, -0.2) is 0 Å². The van der Waals surface area contributed by atoms with Crippen LogP contribution in [0, 0.1) is 0 Å². The maximum absolute atomic E-state index is 10.7. The summed E-state index contributed by atoms with van der Waals surface area (Å²) in [6.07, 6.45) is 0. The molecule has 1 aromatic rings. The van der Waals surface area contributed by atoms with Crippen LogP contribution in [0.25, 0.3) is 0 Å². The minimum absolute atomic E-state index is 0.0118. The van der Waals surface area contributed by atoms with Gasteiger partial charge in [-0.2, -0.15) is 0 Å². The van der Waals surface area contributed by atoms with Gasteiger partial charge in [0.05, 0.1) is 16.6 Å². The summed E-state index contributed by atoms with van der Waals surface area (Å²) in [6, 6.07) is 5.49. The van der Waals surface area contributed by atoms with E-state index in [9.17, 15) is 4.79 Å². The highest BCUT2D eigenvalue weighted by molar-refractivity contribution is 6.42. The highest BCUT2D eigenvalue weighted by atomic mass is 35.5. The lowest BCUT2D eigenvalue weighted by Crippen LogP contribution is -2.35. The molecule has 1 rings (SSSR count). The molecule has 0 fully saturated rings. The monoisotopic (exact) mass is 275 g/mol. The first-order valence-corrected chi connectivity index (χ1v) is 6.05. The van der Waals surface area contributed by atoms with E-state index in [1.54, 1.807) is 12.1 Å². The van der Waals surface area contributed by atoms with Gasteiger partial charge in [-0.1, -0.05) is 29.3 Å². The Morgan fingerprint density at radius 1 is 1.35 bits per heavy atom. The van der Waals surface area contributed by atoms with Gasteiger partial charge in [0.1, 0.15) is 0 Å². The molecule has 0 spiro atoms. The fraction of sp³-hybridized carbons (Fsp3) is 0.417. The average molecular weight is 276 g/mol. The summed E-state index contributed by atoms with van der Waals surface area (Å²) >= 11 is 11.7. The predicted octanol–water partition coefficient (Wildman–Crippen LogP) is 3.29. The third kappa shape index (κ3) is 4.54. The molecule has 0 aliphatic rings. The minimum atomic E-state index is -0.834. The number of carboxylic acid groups (broad SMARTS) is 1. The fourth-order valence-electron chi connectivity index (χ4n) is 1.47. The first kappa shape index (κ1) is 14.3. The normalized spacial score (nSPS) is 11.2. The molecule has 0 aliphatic carbocycles. The molecule has 1 aromatic carbocycles. The summed E-state index contributed by atoms with van der Waals surface area (Å²) in [6.45, 7) is 4.47. The number of benzene rings is 1. The summed E-state index contributed by atoms with van der Waals surface area (Å²) in [5.41, 5.74) is 0.953. The second-order valence-electron chi connectivity index (χ2n) is 4.14. The van der Waals surface area contributed by atoms with E-state index >= 15 is 0 Å². The number of nitrogens with zero attached hydrogens (tertiary/aromatic N) is 1. The molecule has 0 amide bonds. The lowest BCUT2D eigenvalue weighted by Gasteiger charge is -2.24. The van der Waals surface area contributed by atoms with E-state index in [1.807, 2.05) is 24.8 Å². The second kappa shape index (κ2) is 6.24. The average Bonchev–Trinajstić information content (AvgIpc) is 2.21. The van der Waals surface area contributed by atoms with E-state index in [0.29, 0.717) is 16.6 Å². The molecule has 0 saturated heterocycles. The topological polar surface area (TPSA) is 40.5 Å². The summed E-state index contributed by atoms with van der Waals surface area (Å²) < 4.78 is 0. The van der Waals surface area contributed by atoms with Crippen LogP contribution in [0.3, 0.4) is 0 Å². The van der Waals surface area contributed by atoms with E-state index in [2.05, 4.69) is 0 Å². The molecule has 0 unspecified atom stereocenters. The first-order chi connectivity index (χ1) is 7.90. The third-order valence-electron chi connectivity index (χ3n) is 2.44. The van der Waals surface area contributed by atoms with Gasteiger partial charge in [-0.05, 0) is 31.5 Å². The van der Waals surface area contributed by atoms with Crippen LogP contribution in [0.5, 0.6) is 0 Å². The van der Waals surface area contributed by atoms with E-state index in [-0.39, 0.29) is 12.6 Å². The van der Waals surface area contributed by atoms with E-state index in [4.69, 9.17) is 28.3 Å². The van der Waals surface area contributed by atoms with Gasteiger partial charge in [0.2, 0.25) is 0 Å². The van der Waals surface area contributed by atoms with Crippen LogP contribution in [0.15, 0.2) is 18.2 Å². The number of hydrogen-bond acceptors (Lipinski definition) is 2. The van der Waals surface area contributed by atoms with Gasteiger partial charge < -0.3 is 5.11 Å². The Labute approximate surface area is 111 Å².